The highest BCUT2D eigenvalue weighted by Crippen LogP contribution is 2.30. The molecule has 0 spiro atoms. The Labute approximate surface area is 104 Å². The molecule has 1 fully saturated rings. The summed E-state index contributed by atoms with van der Waals surface area (Å²) in [6.45, 7) is 3.22. The van der Waals surface area contributed by atoms with E-state index < -0.39 is 0 Å². The van der Waals surface area contributed by atoms with Gasteiger partial charge < -0.3 is 9.47 Å². The van der Waals surface area contributed by atoms with E-state index in [9.17, 15) is 0 Å². The summed E-state index contributed by atoms with van der Waals surface area (Å²) >= 11 is 2.41. The van der Waals surface area contributed by atoms with Crippen LogP contribution in [-0.2, 0) is 16.1 Å². The molecule has 82 valence electrons. The van der Waals surface area contributed by atoms with Crippen molar-refractivity contribution in [3.05, 3.63) is 35.9 Å². The highest BCUT2D eigenvalue weighted by atomic mass is 127. The number of rotatable bonds is 5. The Morgan fingerprint density at radius 1 is 1.27 bits per heavy atom. The minimum atomic E-state index is 0.287. The van der Waals surface area contributed by atoms with Gasteiger partial charge in [-0.25, -0.2) is 0 Å². The fraction of sp³-hybridized carbons (Fsp3) is 0.500. The van der Waals surface area contributed by atoms with Crippen LogP contribution in [0.15, 0.2) is 30.3 Å². The second-order valence-electron chi connectivity index (χ2n) is 4.10. The number of benzene rings is 1. The third-order valence-corrected chi connectivity index (χ3v) is 4.24. The molecule has 1 aromatic carbocycles. The Bertz CT molecular complexity index is 290. The second kappa shape index (κ2) is 5.27. The summed E-state index contributed by atoms with van der Waals surface area (Å²) in [5.74, 6) is 0. The molecule has 0 bridgehead atoms. The Balaban J connectivity index is 1.75. The molecule has 0 aromatic heterocycles. The van der Waals surface area contributed by atoms with Gasteiger partial charge in [-0.2, -0.15) is 0 Å². The molecule has 0 radical (unpaired) electrons. The number of alkyl halides is 1. The van der Waals surface area contributed by atoms with Crippen molar-refractivity contribution in [1.29, 1.82) is 0 Å². The standard InChI is InChI=1S/C12H15IO2/c13-7-12(9-15-10-12)8-14-6-11-4-2-1-3-5-11/h1-5H,6-10H2. The third-order valence-electron chi connectivity index (χ3n) is 2.62. The van der Waals surface area contributed by atoms with Crippen molar-refractivity contribution in [2.75, 3.05) is 24.2 Å². The lowest BCUT2D eigenvalue weighted by Crippen LogP contribution is -2.47. The topological polar surface area (TPSA) is 18.5 Å². The summed E-state index contributed by atoms with van der Waals surface area (Å²) < 4.78 is 12.1. The van der Waals surface area contributed by atoms with Crippen LogP contribution in [0.2, 0.25) is 0 Å². The molecule has 1 aromatic rings. The molecule has 2 rings (SSSR count). The molecule has 3 heteroatoms. The zero-order chi connectivity index (χ0) is 10.6. The first-order valence-corrected chi connectivity index (χ1v) is 6.63. The molecule has 1 aliphatic heterocycles. The SMILES string of the molecule is ICC1(COCc2ccccc2)COC1. The summed E-state index contributed by atoms with van der Waals surface area (Å²) in [4.78, 5) is 0. The van der Waals surface area contributed by atoms with E-state index in [0.29, 0.717) is 6.61 Å². The number of hydrogen-bond acceptors (Lipinski definition) is 2. The lowest BCUT2D eigenvalue weighted by Gasteiger charge is -2.39. The van der Waals surface area contributed by atoms with Crippen LogP contribution in [0, 0.1) is 5.41 Å². The van der Waals surface area contributed by atoms with Gasteiger partial charge in [0.05, 0.1) is 26.4 Å². The maximum absolute atomic E-state index is 5.73. The number of hydrogen-bond donors (Lipinski definition) is 0. The highest BCUT2D eigenvalue weighted by molar-refractivity contribution is 14.1. The van der Waals surface area contributed by atoms with E-state index in [-0.39, 0.29) is 5.41 Å². The van der Waals surface area contributed by atoms with Crippen molar-refractivity contribution in [3.8, 4) is 0 Å². The summed E-state index contributed by atoms with van der Waals surface area (Å²) in [6, 6.07) is 10.3. The first kappa shape index (κ1) is 11.4. The molecule has 0 saturated carbocycles. The number of ether oxygens (including phenoxy) is 2. The maximum atomic E-state index is 5.73. The Hall–Kier alpha value is -0.130. The van der Waals surface area contributed by atoms with Gasteiger partial charge in [-0.1, -0.05) is 52.9 Å². The molecular weight excluding hydrogens is 303 g/mol. The van der Waals surface area contributed by atoms with E-state index in [2.05, 4.69) is 34.7 Å². The number of halogens is 1. The van der Waals surface area contributed by atoms with Gasteiger partial charge in [0.1, 0.15) is 0 Å². The first-order valence-electron chi connectivity index (χ1n) is 5.10. The maximum Gasteiger partial charge on any atom is 0.0717 e. The average molecular weight is 318 g/mol. The normalized spacial score (nSPS) is 18.5. The summed E-state index contributed by atoms with van der Waals surface area (Å²) in [6.07, 6.45) is 0. The summed E-state index contributed by atoms with van der Waals surface area (Å²) in [5, 5.41) is 0. The van der Waals surface area contributed by atoms with Gasteiger partial charge in [-0.05, 0) is 5.56 Å². The van der Waals surface area contributed by atoms with Crippen LogP contribution in [0.5, 0.6) is 0 Å². The lowest BCUT2D eigenvalue weighted by molar-refractivity contribution is -0.135. The van der Waals surface area contributed by atoms with Crippen LogP contribution >= 0.6 is 22.6 Å². The highest BCUT2D eigenvalue weighted by Gasteiger charge is 2.37. The summed E-state index contributed by atoms with van der Waals surface area (Å²) in [7, 11) is 0. The van der Waals surface area contributed by atoms with Crippen LogP contribution in [0.3, 0.4) is 0 Å². The van der Waals surface area contributed by atoms with Gasteiger partial charge in [0.15, 0.2) is 0 Å². The van der Waals surface area contributed by atoms with Crippen LogP contribution in [0.1, 0.15) is 5.56 Å². The second-order valence-corrected chi connectivity index (χ2v) is 4.87. The molecule has 15 heavy (non-hydrogen) atoms. The quantitative estimate of drug-likeness (QED) is 0.614. The van der Waals surface area contributed by atoms with E-state index in [0.717, 1.165) is 24.2 Å². The zero-order valence-corrected chi connectivity index (χ0v) is 10.8. The molecule has 0 atom stereocenters. The Morgan fingerprint density at radius 2 is 2.00 bits per heavy atom. The van der Waals surface area contributed by atoms with Crippen molar-refractivity contribution in [2.45, 2.75) is 6.61 Å². The fourth-order valence-electron chi connectivity index (χ4n) is 1.55. The van der Waals surface area contributed by atoms with Crippen molar-refractivity contribution >= 4 is 22.6 Å². The van der Waals surface area contributed by atoms with E-state index >= 15 is 0 Å². The largest absolute Gasteiger partial charge is 0.380 e. The Morgan fingerprint density at radius 3 is 2.53 bits per heavy atom. The minimum absolute atomic E-state index is 0.287. The van der Waals surface area contributed by atoms with E-state index in [4.69, 9.17) is 9.47 Å². The molecule has 2 nitrogen and oxygen atoms in total. The third kappa shape index (κ3) is 2.92. The van der Waals surface area contributed by atoms with Crippen molar-refractivity contribution in [1.82, 2.24) is 0 Å². The smallest absolute Gasteiger partial charge is 0.0717 e. The van der Waals surface area contributed by atoms with Gasteiger partial charge >= 0.3 is 0 Å². The lowest BCUT2D eigenvalue weighted by atomic mass is 9.90. The molecule has 0 unspecified atom stereocenters. The van der Waals surface area contributed by atoms with Gasteiger partial charge in [-0.3, -0.25) is 0 Å². The molecular formula is C12H15IO2. The van der Waals surface area contributed by atoms with Crippen LogP contribution in [-0.4, -0.2) is 24.2 Å². The zero-order valence-electron chi connectivity index (χ0n) is 8.62. The summed E-state index contributed by atoms with van der Waals surface area (Å²) in [5.41, 5.74) is 1.52. The van der Waals surface area contributed by atoms with E-state index in [1.165, 1.54) is 5.56 Å². The molecule has 1 heterocycles. The van der Waals surface area contributed by atoms with Gasteiger partial charge in [-0.15, -0.1) is 0 Å². The van der Waals surface area contributed by atoms with Crippen molar-refractivity contribution < 1.29 is 9.47 Å². The fourth-order valence-corrected chi connectivity index (χ4v) is 2.21. The van der Waals surface area contributed by atoms with Crippen molar-refractivity contribution in [3.63, 3.8) is 0 Å². The molecule has 0 aliphatic carbocycles. The monoisotopic (exact) mass is 318 g/mol. The molecule has 1 saturated heterocycles. The van der Waals surface area contributed by atoms with Crippen LogP contribution in [0.25, 0.3) is 0 Å². The van der Waals surface area contributed by atoms with Gasteiger partial charge in [0, 0.05) is 9.84 Å². The Kier molecular flexibility index (Phi) is 3.99. The predicted octanol–water partition coefficient (Wildman–Crippen LogP) is 2.65. The van der Waals surface area contributed by atoms with Crippen molar-refractivity contribution in [2.24, 2.45) is 5.41 Å². The van der Waals surface area contributed by atoms with E-state index in [1.54, 1.807) is 0 Å². The average Bonchev–Trinajstić information content (AvgIpc) is 2.24. The van der Waals surface area contributed by atoms with Crippen LogP contribution < -0.4 is 0 Å². The van der Waals surface area contributed by atoms with Gasteiger partial charge in [0.25, 0.3) is 0 Å². The first-order chi connectivity index (χ1) is 7.35. The molecule has 0 N–H and O–H groups in total. The predicted molar refractivity (Wildman–Crippen MR) is 68.2 cm³/mol. The van der Waals surface area contributed by atoms with E-state index in [1.807, 2.05) is 18.2 Å². The van der Waals surface area contributed by atoms with Gasteiger partial charge in [0.2, 0.25) is 0 Å². The van der Waals surface area contributed by atoms with Crippen LogP contribution in [0.4, 0.5) is 0 Å². The molecule has 1 aliphatic rings. The minimum Gasteiger partial charge on any atom is -0.380 e. The molecule has 0 amide bonds.